The van der Waals surface area contributed by atoms with Crippen LogP contribution < -0.4 is 0 Å². The Labute approximate surface area is 119 Å². The van der Waals surface area contributed by atoms with Gasteiger partial charge in [-0.2, -0.15) is 0 Å². The molecule has 0 spiro atoms. The van der Waals surface area contributed by atoms with Crippen molar-refractivity contribution >= 4 is 6.29 Å². The van der Waals surface area contributed by atoms with Gasteiger partial charge >= 0.3 is 0 Å². The van der Waals surface area contributed by atoms with Crippen molar-refractivity contribution in [2.45, 2.75) is 77.0 Å². The summed E-state index contributed by atoms with van der Waals surface area (Å²) in [4.78, 5) is 9.96. The molecule has 2 aliphatic carbocycles. The summed E-state index contributed by atoms with van der Waals surface area (Å²) < 4.78 is 5.00. The van der Waals surface area contributed by atoms with Gasteiger partial charge in [0.05, 0.1) is 0 Å². The lowest BCUT2D eigenvalue weighted by molar-refractivity contribution is -0.108. The lowest BCUT2D eigenvalue weighted by atomic mass is 10.0. The lowest BCUT2D eigenvalue weighted by Crippen LogP contribution is -1.96. The van der Waals surface area contributed by atoms with E-state index in [2.05, 4.69) is 0 Å². The van der Waals surface area contributed by atoms with Crippen molar-refractivity contribution in [1.29, 1.82) is 0 Å². The third kappa shape index (κ3) is 8.41. The molecule has 2 heteroatoms. The van der Waals surface area contributed by atoms with Crippen LogP contribution in [0.4, 0.5) is 0 Å². The quantitative estimate of drug-likeness (QED) is 0.491. The Morgan fingerprint density at radius 2 is 1.47 bits per heavy atom. The van der Waals surface area contributed by atoms with Crippen LogP contribution in [0.15, 0.2) is 0 Å². The molecule has 0 aromatic rings. The first kappa shape index (κ1) is 16.7. The second-order valence-electron chi connectivity index (χ2n) is 6.18. The monoisotopic (exact) mass is 268 g/mol. The maximum absolute atomic E-state index is 9.96. The molecule has 2 rings (SSSR count). The molecule has 2 saturated carbocycles. The summed E-state index contributed by atoms with van der Waals surface area (Å²) in [6, 6.07) is 0. The van der Waals surface area contributed by atoms with Gasteiger partial charge in [-0.3, -0.25) is 0 Å². The van der Waals surface area contributed by atoms with Crippen molar-refractivity contribution in [2.75, 3.05) is 13.7 Å². The van der Waals surface area contributed by atoms with Gasteiger partial charge in [0.15, 0.2) is 0 Å². The van der Waals surface area contributed by atoms with E-state index in [1.165, 1.54) is 64.2 Å². The molecule has 2 aliphatic rings. The SMILES string of the molecule is COCCCC1CCCC1.O=CCCC1CCCC1. The molecule has 0 unspecified atom stereocenters. The zero-order valence-corrected chi connectivity index (χ0v) is 12.7. The number of ether oxygens (including phenoxy) is 1. The highest BCUT2D eigenvalue weighted by Gasteiger charge is 2.14. The predicted molar refractivity (Wildman–Crippen MR) is 80.3 cm³/mol. The molecular weight excluding hydrogens is 236 g/mol. The number of aldehydes is 1. The van der Waals surface area contributed by atoms with Crippen LogP contribution in [0.2, 0.25) is 0 Å². The fourth-order valence-electron chi connectivity index (χ4n) is 3.42. The second kappa shape index (κ2) is 11.5. The molecule has 0 aromatic carbocycles. The van der Waals surface area contributed by atoms with Gasteiger partial charge in [0, 0.05) is 20.1 Å². The third-order valence-corrected chi connectivity index (χ3v) is 4.60. The highest BCUT2D eigenvalue weighted by molar-refractivity contribution is 5.49. The van der Waals surface area contributed by atoms with E-state index in [-0.39, 0.29) is 0 Å². The van der Waals surface area contributed by atoms with E-state index in [0.717, 1.165) is 37.6 Å². The molecule has 0 aliphatic heterocycles. The molecule has 0 saturated heterocycles. The van der Waals surface area contributed by atoms with Crippen LogP contribution in [0.3, 0.4) is 0 Å². The Hall–Kier alpha value is -0.370. The lowest BCUT2D eigenvalue weighted by Gasteiger charge is -2.06. The molecule has 112 valence electrons. The molecule has 0 aromatic heterocycles. The van der Waals surface area contributed by atoms with E-state index in [1.807, 2.05) is 0 Å². The fraction of sp³-hybridized carbons (Fsp3) is 0.941. The zero-order valence-electron chi connectivity index (χ0n) is 12.7. The number of rotatable bonds is 7. The largest absolute Gasteiger partial charge is 0.385 e. The van der Waals surface area contributed by atoms with Gasteiger partial charge in [0.1, 0.15) is 6.29 Å². The number of hydrogen-bond donors (Lipinski definition) is 0. The van der Waals surface area contributed by atoms with Crippen LogP contribution in [0.25, 0.3) is 0 Å². The molecule has 0 radical (unpaired) electrons. The van der Waals surface area contributed by atoms with Crippen molar-refractivity contribution in [1.82, 2.24) is 0 Å². The predicted octanol–water partition coefficient (Wildman–Crippen LogP) is 4.76. The molecule has 19 heavy (non-hydrogen) atoms. The highest BCUT2D eigenvalue weighted by atomic mass is 16.5. The first-order valence-electron chi connectivity index (χ1n) is 8.29. The minimum atomic E-state index is 0.782. The summed E-state index contributed by atoms with van der Waals surface area (Å²) in [5.41, 5.74) is 0. The number of methoxy groups -OCH3 is 1. The maximum atomic E-state index is 9.96. The van der Waals surface area contributed by atoms with Gasteiger partial charge in [-0.1, -0.05) is 51.4 Å². The second-order valence-corrected chi connectivity index (χ2v) is 6.18. The van der Waals surface area contributed by atoms with Gasteiger partial charge in [-0.25, -0.2) is 0 Å². The number of carbonyl (C=O) groups excluding carboxylic acids is 1. The Morgan fingerprint density at radius 1 is 0.947 bits per heavy atom. The van der Waals surface area contributed by atoms with Gasteiger partial charge in [0.2, 0.25) is 0 Å². The fourth-order valence-corrected chi connectivity index (χ4v) is 3.42. The molecule has 2 fully saturated rings. The number of carbonyl (C=O) groups is 1. The minimum Gasteiger partial charge on any atom is -0.385 e. The normalized spacial score (nSPS) is 20.3. The topological polar surface area (TPSA) is 26.3 Å². The molecule has 2 nitrogen and oxygen atoms in total. The van der Waals surface area contributed by atoms with Crippen LogP contribution in [0.1, 0.15) is 77.0 Å². The van der Waals surface area contributed by atoms with Crippen LogP contribution in [0.5, 0.6) is 0 Å². The van der Waals surface area contributed by atoms with Crippen molar-refractivity contribution in [3.05, 3.63) is 0 Å². The van der Waals surface area contributed by atoms with Crippen LogP contribution in [0, 0.1) is 11.8 Å². The maximum Gasteiger partial charge on any atom is 0.120 e. The third-order valence-electron chi connectivity index (χ3n) is 4.60. The minimum absolute atomic E-state index is 0.782. The summed E-state index contributed by atoms with van der Waals surface area (Å²) in [6.45, 7) is 0.955. The van der Waals surface area contributed by atoms with Crippen molar-refractivity contribution < 1.29 is 9.53 Å². The Morgan fingerprint density at radius 3 is 1.95 bits per heavy atom. The standard InChI is InChI=1S/C9H18O.C8H14O/c1-10-8-4-7-9-5-2-3-6-9;9-7-3-6-8-4-1-2-5-8/h9H,2-8H2,1H3;7-8H,1-6H2. The number of hydrogen-bond acceptors (Lipinski definition) is 2. The summed E-state index contributed by atoms with van der Waals surface area (Å²) in [6.07, 6.45) is 17.0. The van der Waals surface area contributed by atoms with Crippen LogP contribution in [-0.4, -0.2) is 20.0 Å². The Kier molecular flexibility index (Phi) is 10.1. The van der Waals surface area contributed by atoms with Gasteiger partial charge in [-0.15, -0.1) is 0 Å². The molecule has 0 amide bonds. The van der Waals surface area contributed by atoms with Gasteiger partial charge in [0.25, 0.3) is 0 Å². The molecule has 0 atom stereocenters. The summed E-state index contributed by atoms with van der Waals surface area (Å²) in [5.74, 6) is 1.92. The average Bonchev–Trinajstić information content (AvgIpc) is 3.11. The molecule has 0 N–H and O–H groups in total. The van der Waals surface area contributed by atoms with Crippen molar-refractivity contribution in [3.8, 4) is 0 Å². The first-order valence-corrected chi connectivity index (χ1v) is 8.29. The van der Waals surface area contributed by atoms with E-state index >= 15 is 0 Å². The van der Waals surface area contributed by atoms with E-state index in [4.69, 9.17) is 4.74 Å². The van der Waals surface area contributed by atoms with Gasteiger partial charge in [-0.05, 0) is 31.1 Å². The van der Waals surface area contributed by atoms with Crippen molar-refractivity contribution in [2.24, 2.45) is 11.8 Å². The van der Waals surface area contributed by atoms with E-state index in [1.54, 1.807) is 7.11 Å². The van der Waals surface area contributed by atoms with E-state index in [0.29, 0.717) is 0 Å². The summed E-state index contributed by atoms with van der Waals surface area (Å²) >= 11 is 0. The first-order chi connectivity index (χ1) is 9.36. The van der Waals surface area contributed by atoms with E-state index in [9.17, 15) is 4.79 Å². The Balaban J connectivity index is 0.000000191. The van der Waals surface area contributed by atoms with Crippen LogP contribution >= 0.6 is 0 Å². The Bertz CT molecular complexity index is 203. The summed E-state index contributed by atoms with van der Waals surface area (Å²) in [7, 11) is 1.79. The van der Waals surface area contributed by atoms with Gasteiger partial charge < -0.3 is 9.53 Å². The smallest absolute Gasteiger partial charge is 0.120 e. The highest BCUT2D eigenvalue weighted by Crippen LogP contribution is 2.28. The van der Waals surface area contributed by atoms with Crippen molar-refractivity contribution in [3.63, 3.8) is 0 Å². The average molecular weight is 268 g/mol. The molecule has 0 bridgehead atoms. The molecular formula is C17H32O2. The summed E-state index contributed by atoms with van der Waals surface area (Å²) in [5, 5.41) is 0. The molecule has 0 heterocycles. The zero-order chi connectivity index (χ0) is 13.8. The van der Waals surface area contributed by atoms with E-state index < -0.39 is 0 Å². The van der Waals surface area contributed by atoms with Crippen LogP contribution in [-0.2, 0) is 9.53 Å².